The molecule has 1 aliphatic heterocycles. The van der Waals surface area contributed by atoms with Crippen LogP contribution < -0.4 is 10.2 Å². The molecule has 1 saturated heterocycles. The van der Waals surface area contributed by atoms with Crippen molar-refractivity contribution in [1.82, 2.24) is 10.3 Å². The quantitative estimate of drug-likeness (QED) is 0.869. The van der Waals surface area contributed by atoms with E-state index in [1.165, 1.54) is 0 Å². The van der Waals surface area contributed by atoms with Crippen LogP contribution in [-0.2, 0) is 4.79 Å². The molecule has 5 nitrogen and oxygen atoms in total. The van der Waals surface area contributed by atoms with Gasteiger partial charge in [-0.2, -0.15) is 5.26 Å². The van der Waals surface area contributed by atoms with Gasteiger partial charge in [0.05, 0.1) is 5.56 Å². The highest BCUT2D eigenvalue weighted by Crippen LogP contribution is 2.26. The van der Waals surface area contributed by atoms with E-state index in [2.05, 4.69) is 16.4 Å². The smallest absolute Gasteiger partial charge is 0.242 e. The number of pyridine rings is 1. The van der Waals surface area contributed by atoms with Crippen LogP contribution in [-0.4, -0.2) is 30.5 Å². The van der Waals surface area contributed by atoms with Gasteiger partial charge in [-0.25, -0.2) is 4.98 Å². The number of hydrogen-bond acceptors (Lipinski definition) is 4. The zero-order chi connectivity index (χ0) is 13.8. The van der Waals surface area contributed by atoms with Gasteiger partial charge in [0.25, 0.3) is 0 Å². The van der Waals surface area contributed by atoms with Crippen LogP contribution in [0.4, 0.5) is 5.82 Å². The molecule has 100 valence electrons. The third-order valence-corrected chi connectivity index (χ3v) is 3.46. The van der Waals surface area contributed by atoms with Gasteiger partial charge in [0, 0.05) is 19.3 Å². The minimum absolute atomic E-state index is 0.00750. The molecule has 0 saturated carbocycles. The van der Waals surface area contributed by atoms with E-state index in [1.807, 2.05) is 17.9 Å². The molecule has 0 spiro atoms. The Balaban J connectivity index is 2.40. The summed E-state index contributed by atoms with van der Waals surface area (Å²) in [4.78, 5) is 18.4. The molecule has 0 aliphatic carbocycles. The number of piperidine rings is 1. The average molecular weight is 258 g/mol. The zero-order valence-corrected chi connectivity index (χ0v) is 11.3. The molecule has 1 fully saturated rings. The number of carbonyl (C=O) groups excluding carboxylic acids is 1. The molecule has 0 radical (unpaired) electrons. The van der Waals surface area contributed by atoms with Crippen LogP contribution in [0.3, 0.4) is 0 Å². The summed E-state index contributed by atoms with van der Waals surface area (Å²) in [5.41, 5.74) is 1.39. The van der Waals surface area contributed by atoms with Crippen LogP contribution in [0.5, 0.6) is 0 Å². The van der Waals surface area contributed by atoms with E-state index in [-0.39, 0.29) is 11.9 Å². The van der Waals surface area contributed by atoms with Crippen LogP contribution in [0.15, 0.2) is 12.1 Å². The molecule has 1 N–H and O–H groups in total. The molecule has 1 aromatic heterocycles. The SMILES string of the molecule is CNC(=O)C1CCCCN1c1nc(C)ccc1C#N. The number of aromatic nitrogens is 1. The van der Waals surface area contributed by atoms with E-state index < -0.39 is 0 Å². The Hall–Kier alpha value is -2.09. The van der Waals surface area contributed by atoms with Crippen LogP contribution in [0.25, 0.3) is 0 Å². The van der Waals surface area contributed by atoms with Gasteiger partial charge in [-0.3, -0.25) is 4.79 Å². The van der Waals surface area contributed by atoms with Crippen molar-refractivity contribution in [2.75, 3.05) is 18.5 Å². The normalized spacial score (nSPS) is 18.8. The second-order valence-electron chi connectivity index (χ2n) is 4.75. The van der Waals surface area contributed by atoms with Crippen LogP contribution >= 0.6 is 0 Å². The predicted molar refractivity (Wildman–Crippen MR) is 72.7 cm³/mol. The van der Waals surface area contributed by atoms with Crippen LogP contribution in [0, 0.1) is 18.3 Å². The largest absolute Gasteiger partial charge is 0.357 e. The number of amides is 1. The standard InChI is InChI=1S/C14H18N4O/c1-10-6-7-11(9-15)13(17-10)18-8-4-3-5-12(18)14(19)16-2/h6-7,12H,3-5,8H2,1-2H3,(H,16,19). The fraction of sp³-hybridized carbons (Fsp3) is 0.500. The van der Waals surface area contributed by atoms with E-state index in [0.29, 0.717) is 11.4 Å². The predicted octanol–water partition coefficient (Wildman–Crippen LogP) is 1.37. The molecule has 0 aromatic carbocycles. The lowest BCUT2D eigenvalue weighted by atomic mass is 10.0. The highest BCUT2D eigenvalue weighted by atomic mass is 16.2. The topological polar surface area (TPSA) is 69.0 Å². The minimum Gasteiger partial charge on any atom is -0.357 e. The second-order valence-corrected chi connectivity index (χ2v) is 4.75. The number of hydrogen-bond donors (Lipinski definition) is 1. The molecule has 19 heavy (non-hydrogen) atoms. The first kappa shape index (κ1) is 13.3. The lowest BCUT2D eigenvalue weighted by molar-refractivity contribution is -0.122. The van der Waals surface area contributed by atoms with Crippen molar-refractivity contribution in [2.24, 2.45) is 0 Å². The Bertz CT molecular complexity index is 521. The first-order chi connectivity index (χ1) is 9.17. The molecule has 2 heterocycles. The number of likely N-dealkylation sites (N-methyl/N-ethyl adjacent to an activating group) is 1. The van der Waals surface area contributed by atoms with Gasteiger partial charge in [-0.15, -0.1) is 0 Å². The Morgan fingerprint density at radius 2 is 2.32 bits per heavy atom. The summed E-state index contributed by atoms with van der Waals surface area (Å²) in [6, 6.07) is 5.53. The second kappa shape index (κ2) is 5.70. The van der Waals surface area contributed by atoms with Gasteiger partial charge < -0.3 is 10.2 Å². The van der Waals surface area contributed by atoms with Crippen molar-refractivity contribution in [1.29, 1.82) is 5.26 Å². The van der Waals surface area contributed by atoms with E-state index >= 15 is 0 Å². The number of aryl methyl sites for hydroxylation is 1. The van der Waals surface area contributed by atoms with Crippen molar-refractivity contribution < 1.29 is 4.79 Å². The van der Waals surface area contributed by atoms with Gasteiger partial charge in [-0.1, -0.05) is 0 Å². The molecule has 1 unspecified atom stereocenters. The molecular weight excluding hydrogens is 240 g/mol. The Kier molecular flexibility index (Phi) is 4.00. The first-order valence-electron chi connectivity index (χ1n) is 6.53. The number of nitriles is 1. The van der Waals surface area contributed by atoms with E-state index in [4.69, 9.17) is 0 Å². The molecule has 0 bridgehead atoms. The summed E-state index contributed by atoms with van der Waals surface area (Å²) in [5, 5.41) is 11.9. The number of carbonyl (C=O) groups is 1. The molecule has 1 aromatic rings. The third-order valence-electron chi connectivity index (χ3n) is 3.46. The maximum Gasteiger partial charge on any atom is 0.242 e. The molecule has 1 aliphatic rings. The van der Waals surface area contributed by atoms with Gasteiger partial charge in [0.15, 0.2) is 0 Å². The highest BCUT2D eigenvalue weighted by Gasteiger charge is 2.30. The average Bonchev–Trinajstić information content (AvgIpc) is 2.46. The van der Waals surface area contributed by atoms with E-state index in [9.17, 15) is 10.1 Å². The van der Waals surface area contributed by atoms with Crippen molar-refractivity contribution in [3.05, 3.63) is 23.4 Å². The van der Waals surface area contributed by atoms with E-state index in [0.717, 1.165) is 31.5 Å². The monoisotopic (exact) mass is 258 g/mol. The summed E-state index contributed by atoms with van der Waals surface area (Å²) < 4.78 is 0. The Morgan fingerprint density at radius 1 is 1.53 bits per heavy atom. The molecule has 2 rings (SSSR count). The molecule has 1 amide bonds. The zero-order valence-electron chi connectivity index (χ0n) is 11.3. The van der Waals surface area contributed by atoms with Crippen LogP contribution in [0.2, 0.25) is 0 Å². The fourth-order valence-electron chi connectivity index (χ4n) is 2.47. The first-order valence-corrected chi connectivity index (χ1v) is 6.53. The number of nitrogens with zero attached hydrogens (tertiary/aromatic N) is 3. The van der Waals surface area contributed by atoms with Gasteiger partial charge in [-0.05, 0) is 38.3 Å². The van der Waals surface area contributed by atoms with Crippen LogP contribution in [0.1, 0.15) is 30.5 Å². The van der Waals surface area contributed by atoms with Gasteiger partial charge in [0.2, 0.25) is 5.91 Å². The molecule has 5 heteroatoms. The van der Waals surface area contributed by atoms with Crippen molar-refractivity contribution >= 4 is 11.7 Å². The number of anilines is 1. The lowest BCUT2D eigenvalue weighted by Gasteiger charge is -2.35. The lowest BCUT2D eigenvalue weighted by Crippen LogP contribution is -2.49. The van der Waals surface area contributed by atoms with Crippen molar-refractivity contribution in [3.63, 3.8) is 0 Å². The van der Waals surface area contributed by atoms with Gasteiger partial charge in [0.1, 0.15) is 17.9 Å². The summed E-state index contributed by atoms with van der Waals surface area (Å²) in [5.74, 6) is 0.627. The third kappa shape index (κ3) is 2.68. The summed E-state index contributed by atoms with van der Waals surface area (Å²) in [6.07, 6.45) is 2.86. The van der Waals surface area contributed by atoms with Crippen molar-refractivity contribution in [3.8, 4) is 6.07 Å². The highest BCUT2D eigenvalue weighted by molar-refractivity contribution is 5.85. The molecular formula is C14H18N4O. The fourth-order valence-corrected chi connectivity index (χ4v) is 2.47. The van der Waals surface area contributed by atoms with Gasteiger partial charge >= 0.3 is 0 Å². The van der Waals surface area contributed by atoms with E-state index in [1.54, 1.807) is 13.1 Å². The van der Waals surface area contributed by atoms with Crippen molar-refractivity contribution in [2.45, 2.75) is 32.2 Å². The Labute approximate surface area is 113 Å². The summed E-state index contributed by atoms with van der Waals surface area (Å²) >= 11 is 0. The maximum absolute atomic E-state index is 12.0. The molecule has 1 atom stereocenters. The number of rotatable bonds is 2. The summed E-state index contributed by atoms with van der Waals surface area (Å²) in [7, 11) is 1.64. The minimum atomic E-state index is -0.222. The number of nitrogens with one attached hydrogen (secondary N) is 1. The Morgan fingerprint density at radius 3 is 3.00 bits per heavy atom. The summed E-state index contributed by atoms with van der Waals surface area (Å²) in [6.45, 7) is 2.66. The maximum atomic E-state index is 12.0.